The van der Waals surface area contributed by atoms with Gasteiger partial charge in [-0.3, -0.25) is 9.59 Å². The van der Waals surface area contributed by atoms with E-state index in [2.05, 4.69) is 0 Å². The van der Waals surface area contributed by atoms with Gasteiger partial charge in [-0.2, -0.15) is 0 Å². The summed E-state index contributed by atoms with van der Waals surface area (Å²) < 4.78 is 0. The number of hydrogen-bond acceptors (Lipinski definition) is 7. The van der Waals surface area contributed by atoms with Crippen LogP contribution in [0.15, 0.2) is 0 Å². The van der Waals surface area contributed by atoms with Crippen molar-refractivity contribution < 1.29 is 30.0 Å². The van der Waals surface area contributed by atoms with E-state index in [1.165, 1.54) is 20.8 Å². The topological polar surface area (TPSA) is 141 Å². The van der Waals surface area contributed by atoms with Gasteiger partial charge in [-0.25, -0.2) is 0 Å². The van der Waals surface area contributed by atoms with Gasteiger partial charge in [0.1, 0.15) is 23.9 Å². The fourth-order valence-electron chi connectivity index (χ4n) is 1.74. The first-order valence-electron chi connectivity index (χ1n) is 6.16. The smallest absolute Gasteiger partial charge is 0.221 e. The van der Waals surface area contributed by atoms with Crippen LogP contribution >= 0.6 is 0 Å². The number of carbonyl (C=O) groups excluding carboxylic acids is 2. The van der Waals surface area contributed by atoms with Gasteiger partial charge in [0.05, 0.1) is 6.61 Å². The summed E-state index contributed by atoms with van der Waals surface area (Å²) in [6.45, 7) is 3.71. The molecule has 0 radical (unpaired) electrons. The lowest BCUT2D eigenvalue weighted by molar-refractivity contribution is -0.152. The number of hydrogen-bond donors (Lipinski definition) is 5. The van der Waals surface area contributed by atoms with E-state index in [1.54, 1.807) is 0 Å². The Bertz CT molecular complexity index is 332. The Morgan fingerprint density at radius 1 is 1.21 bits per heavy atom. The molecule has 0 amide bonds. The molecule has 0 rings (SSSR count). The molecule has 4 atom stereocenters. The Kier molecular flexibility index (Phi) is 6.74. The summed E-state index contributed by atoms with van der Waals surface area (Å²) >= 11 is 0. The summed E-state index contributed by atoms with van der Waals surface area (Å²) in [7, 11) is 0. The van der Waals surface area contributed by atoms with Crippen molar-refractivity contribution >= 4 is 11.6 Å². The molecule has 0 aromatic rings. The van der Waals surface area contributed by atoms with Crippen molar-refractivity contribution in [3.05, 3.63) is 0 Å². The van der Waals surface area contributed by atoms with Crippen LogP contribution in [0, 0.1) is 5.92 Å². The maximum absolute atomic E-state index is 12.0. The van der Waals surface area contributed by atoms with Crippen LogP contribution in [0.4, 0.5) is 0 Å². The van der Waals surface area contributed by atoms with E-state index in [1.807, 2.05) is 0 Å². The first kappa shape index (κ1) is 18.1. The van der Waals surface area contributed by atoms with Crippen molar-refractivity contribution in [2.75, 3.05) is 6.61 Å². The quantitative estimate of drug-likeness (QED) is 0.322. The second-order valence-electron chi connectivity index (χ2n) is 4.88. The summed E-state index contributed by atoms with van der Waals surface area (Å²) in [5.41, 5.74) is 3.81. The van der Waals surface area contributed by atoms with Crippen LogP contribution in [0.5, 0.6) is 0 Å². The number of aliphatic hydroxyl groups is 4. The van der Waals surface area contributed by atoms with Crippen molar-refractivity contribution in [2.24, 2.45) is 11.7 Å². The molecule has 0 aromatic heterocycles. The molecule has 0 spiro atoms. The van der Waals surface area contributed by atoms with Crippen molar-refractivity contribution in [3.8, 4) is 0 Å². The van der Waals surface area contributed by atoms with Crippen LogP contribution in [-0.4, -0.2) is 62.5 Å². The Morgan fingerprint density at radius 3 is 2.00 bits per heavy atom. The van der Waals surface area contributed by atoms with Crippen molar-refractivity contribution in [3.63, 3.8) is 0 Å². The highest BCUT2D eigenvalue weighted by Gasteiger charge is 2.50. The van der Waals surface area contributed by atoms with E-state index in [0.717, 1.165) is 0 Å². The first-order valence-corrected chi connectivity index (χ1v) is 6.16. The van der Waals surface area contributed by atoms with Crippen molar-refractivity contribution in [1.29, 1.82) is 0 Å². The van der Waals surface area contributed by atoms with E-state index >= 15 is 0 Å². The third kappa shape index (κ3) is 3.58. The Morgan fingerprint density at radius 2 is 1.68 bits per heavy atom. The predicted molar refractivity (Wildman–Crippen MR) is 67.2 cm³/mol. The molecule has 0 bridgehead atoms. The monoisotopic (exact) mass is 277 g/mol. The maximum atomic E-state index is 12.0. The molecule has 0 heterocycles. The molecule has 0 aliphatic heterocycles. The van der Waals surface area contributed by atoms with E-state index in [9.17, 15) is 24.9 Å². The molecule has 0 unspecified atom stereocenters. The van der Waals surface area contributed by atoms with Crippen molar-refractivity contribution in [2.45, 2.75) is 51.0 Å². The zero-order chi connectivity index (χ0) is 15.4. The molecule has 0 fully saturated rings. The molecule has 0 saturated heterocycles. The van der Waals surface area contributed by atoms with Crippen LogP contribution in [0.3, 0.4) is 0 Å². The number of rotatable bonds is 8. The standard InChI is InChI=1S/C12H23NO6/c1-4-7(15)10(18)12(13,6(2)3)11(19)9(17)8(16)5-14/h6,8-9,11,14,16-17,19H,4-5,13H2,1-3H3/t8-,9-,11+,12+/m1/s1. The summed E-state index contributed by atoms with van der Waals surface area (Å²) in [6, 6.07) is 0. The first-order chi connectivity index (χ1) is 8.64. The van der Waals surface area contributed by atoms with Gasteiger partial charge in [0.25, 0.3) is 0 Å². The van der Waals surface area contributed by atoms with E-state index in [0.29, 0.717) is 0 Å². The van der Waals surface area contributed by atoms with Crippen LogP contribution in [-0.2, 0) is 9.59 Å². The van der Waals surface area contributed by atoms with Gasteiger partial charge >= 0.3 is 0 Å². The molecular formula is C12H23NO6. The van der Waals surface area contributed by atoms with Crippen molar-refractivity contribution in [1.82, 2.24) is 0 Å². The molecule has 7 nitrogen and oxygen atoms in total. The van der Waals surface area contributed by atoms with Gasteiger partial charge < -0.3 is 26.2 Å². The number of nitrogens with two attached hydrogens (primary N) is 1. The van der Waals surface area contributed by atoms with Gasteiger partial charge in [0.2, 0.25) is 5.78 Å². The molecule has 0 saturated carbocycles. The summed E-state index contributed by atoms with van der Waals surface area (Å²) in [5.74, 6) is -2.41. The van der Waals surface area contributed by atoms with Crippen LogP contribution < -0.4 is 5.73 Å². The normalized spacial score (nSPS) is 19.6. The average molecular weight is 277 g/mol. The fraction of sp³-hybridized carbons (Fsp3) is 0.833. The number of Topliss-reactive ketones (excluding diaryl/α,β-unsaturated/α-hetero) is 2. The van der Waals surface area contributed by atoms with E-state index in [4.69, 9.17) is 10.8 Å². The Hall–Kier alpha value is -0.860. The highest BCUT2D eigenvalue weighted by atomic mass is 16.4. The summed E-state index contributed by atoms with van der Waals surface area (Å²) in [5, 5.41) is 37.7. The Labute approximate surface area is 112 Å². The van der Waals surface area contributed by atoms with Crippen LogP contribution in [0.1, 0.15) is 27.2 Å². The SMILES string of the molecule is CCC(=O)C(=O)[C@@](N)(C(C)C)[C@@H](O)[C@H](O)[C@H](O)CO. The highest BCUT2D eigenvalue weighted by molar-refractivity contribution is 6.40. The number of carbonyl (C=O) groups is 2. The van der Waals surface area contributed by atoms with Gasteiger partial charge in [-0.1, -0.05) is 20.8 Å². The fourth-order valence-corrected chi connectivity index (χ4v) is 1.74. The maximum Gasteiger partial charge on any atom is 0.221 e. The molecule has 0 aliphatic carbocycles. The van der Waals surface area contributed by atoms with Crippen LogP contribution in [0.25, 0.3) is 0 Å². The lowest BCUT2D eigenvalue weighted by atomic mass is 9.74. The minimum Gasteiger partial charge on any atom is -0.394 e. The van der Waals surface area contributed by atoms with Gasteiger partial charge in [0.15, 0.2) is 5.78 Å². The molecule has 19 heavy (non-hydrogen) atoms. The summed E-state index contributed by atoms with van der Waals surface area (Å²) in [4.78, 5) is 23.5. The largest absolute Gasteiger partial charge is 0.394 e. The number of aliphatic hydroxyl groups excluding tert-OH is 4. The van der Waals surface area contributed by atoms with Gasteiger partial charge in [-0.15, -0.1) is 0 Å². The lowest BCUT2D eigenvalue weighted by Gasteiger charge is -2.39. The molecular weight excluding hydrogens is 254 g/mol. The second kappa shape index (κ2) is 7.06. The molecule has 0 aromatic carbocycles. The second-order valence-corrected chi connectivity index (χ2v) is 4.88. The zero-order valence-electron chi connectivity index (χ0n) is 11.4. The zero-order valence-corrected chi connectivity index (χ0v) is 11.4. The molecule has 0 aliphatic rings. The van der Waals surface area contributed by atoms with Gasteiger partial charge in [0, 0.05) is 6.42 Å². The minimum absolute atomic E-state index is 0.0735. The lowest BCUT2D eigenvalue weighted by Crippen LogP contribution is -2.67. The van der Waals surface area contributed by atoms with Gasteiger partial charge in [-0.05, 0) is 5.92 Å². The number of ketones is 2. The Balaban J connectivity index is 5.41. The summed E-state index contributed by atoms with van der Waals surface area (Å²) in [6.07, 6.45) is -5.42. The molecule has 7 heteroatoms. The minimum atomic E-state index is -2.01. The molecule has 112 valence electrons. The predicted octanol–water partition coefficient (Wildman–Crippen LogP) is -2.04. The van der Waals surface area contributed by atoms with Crippen LogP contribution in [0.2, 0.25) is 0 Å². The average Bonchev–Trinajstić information content (AvgIpc) is 2.41. The third-order valence-corrected chi connectivity index (χ3v) is 3.32. The van der Waals surface area contributed by atoms with E-state index < -0.39 is 47.9 Å². The molecule has 6 N–H and O–H groups in total. The highest BCUT2D eigenvalue weighted by Crippen LogP contribution is 2.24. The third-order valence-electron chi connectivity index (χ3n) is 3.32. The van der Waals surface area contributed by atoms with E-state index in [-0.39, 0.29) is 6.42 Å².